The predicted molar refractivity (Wildman–Crippen MR) is 78.1 cm³/mol. The highest BCUT2D eigenvalue weighted by atomic mass is 16.5. The van der Waals surface area contributed by atoms with Crippen molar-refractivity contribution in [3.05, 3.63) is 29.8 Å². The van der Waals surface area contributed by atoms with Gasteiger partial charge in [-0.25, -0.2) is 0 Å². The number of hydrogen-bond donors (Lipinski definition) is 1. The molecular formula is C15H25NO4. The van der Waals surface area contributed by atoms with Gasteiger partial charge in [-0.2, -0.15) is 0 Å². The lowest BCUT2D eigenvalue weighted by molar-refractivity contribution is 0.0492. The summed E-state index contributed by atoms with van der Waals surface area (Å²) in [6.07, 6.45) is 0.860. The van der Waals surface area contributed by atoms with Gasteiger partial charge in [0.1, 0.15) is 5.75 Å². The van der Waals surface area contributed by atoms with Crippen LogP contribution in [0.3, 0.4) is 0 Å². The average Bonchev–Trinajstić information content (AvgIpc) is 2.50. The van der Waals surface area contributed by atoms with E-state index in [0.29, 0.717) is 33.0 Å². The van der Waals surface area contributed by atoms with Crippen LogP contribution in [-0.4, -0.2) is 47.3 Å². The summed E-state index contributed by atoms with van der Waals surface area (Å²) in [5.41, 5.74) is 7.10. The highest BCUT2D eigenvalue weighted by molar-refractivity contribution is 5.28. The molecule has 1 rings (SSSR count). The Balaban J connectivity index is 2.08. The number of methoxy groups -OCH3 is 2. The Bertz CT molecular complexity index is 342. The van der Waals surface area contributed by atoms with Gasteiger partial charge >= 0.3 is 0 Å². The lowest BCUT2D eigenvalue weighted by atomic mass is 10.1. The molecule has 0 saturated heterocycles. The standard InChI is InChI=1S/C15H25NO4/c1-17-10-11-19-8-3-9-20-12-15(16)13-4-6-14(18-2)7-5-13/h4-7,15H,3,8-12,16H2,1-2H3. The fourth-order valence-corrected chi connectivity index (χ4v) is 1.67. The van der Waals surface area contributed by atoms with E-state index in [4.69, 9.17) is 24.7 Å². The lowest BCUT2D eigenvalue weighted by Gasteiger charge is -2.13. The van der Waals surface area contributed by atoms with E-state index in [1.54, 1.807) is 14.2 Å². The van der Waals surface area contributed by atoms with Crippen LogP contribution in [0.1, 0.15) is 18.0 Å². The van der Waals surface area contributed by atoms with Crippen LogP contribution in [0.15, 0.2) is 24.3 Å². The molecule has 5 nitrogen and oxygen atoms in total. The number of hydrogen-bond acceptors (Lipinski definition) is 5. The second kappa shape index (κ2) is 10.6. The van der Waals surface area contributed by atoms with Crippen molar-refractivity contribution >= 4 is 0 Å². The van der Waals surface area contributed by atoms with Crippen LogP contribution in [0, 0.1) is 0 Å². The monoisotopic (exact) mass is 283 g/mol. The zero-order valence-corrected chi connectivity index (χ0v) is 12.3. The van der Waals surface area contributed by atoms with Gasteiger partial charge in [-0.05, 0) is 24.1 Å². The van der Waals surface area contributed by atoms with Crippen LogP contribution in [0.5, 0.6) is 5.75 Å². The van der Waals surface area contributed by atoms with E-state index in [9.17, 15) is 0 Å². The summed E-state index contributed by atoms with van der Waals surface area (Å²) in [6, 6.07) is 7.61. The molecule has 20 heavy (non-hydrogen) atoms. The molecule has 1 aromatic rings. The van der Waals surface area contributed by atoms with E-state index in [1.165, 1.54) is 0 Å². The summed E-state index contributed by atoms with van der Waals surface area (Å²) < 4.78 is 20.9. The van der Waals surface area contributed by atoms with Crippen molar-refractivity contribution in [1.29, 1.82) is 0 Å². The predicted octanol–water partition coefficient (Wildman–Crippen LogP) is 1.76. The van der Waals surface area contributed by atoms with Gasteiger partial charge in [0.25, 0.3) is 0 Å². The molecule has 1 unspecified atom stereocenters. The van der Waals surface area contributed by atoms with Gasteiger partial charge in [0.2, 0.25) is 0 Å². The summed E-state index contributed by atoms with van der Waals surface area (Å²) >= 11 is 0. The molecule has 0 radical (unpaired) electrons. The van der Waals surface area contributed by atoms with Crippen molar-refractivity contribution in [2.45, 2.75) is 12.5 Å². The van der Waals surface area contributed by atoms with Crippen LogP contribution < -0.4 is 10.5 Å². The number of nitrogens with two attached hydrogens (primary N) is 1. The molecule has 0 amide bonds. The van der Waals surface area contributed by atoms with Crippen LogP contribution >= 0.6 is 0 Å². The number of benzene rings is 1. The van der Waals surface area contributed by atoms with Gasteiger partial charge in [0.05, 0.1) is 33.0 Å². The third-order valence-corrected chi connectivity index (χ3v) is 2.85. The smallest absolute Gasteiger partial charge is 0.118 e. The van der Waals surface area contributed by atoms with Gasteiger partial charge in [-0.1, -0.05) is 12.1 Å². The van der Waals surface area contributed by atoms with Crippen LogP contribution in [0.25, 0.3) is 0 Å². The van der Waals surface area contributed by atoms with Crippen LogP contribution in [0.2, 0.25) is 0 Å². The average molecular weight is 283 g/mol. The molecular weight excluding hydrogens is 258 g/mol. The molecule has 1 aromatic carbocycles. The summed E-state index contributed by atoms with van der Waals surface area (Å²) in [5, 5.41) is 0. The lowest BCUT2D eigenvalue weighted by Crippen LogP contribution is -2.18. The largest absolute Gasteiger partial charge is 0.497 e. The minimum absolute atomic E-state index is 0.115. The van der Waals surface area contributed by atoms with E-state index in [-0.39, 0.29) is 6.04 Å². The van der Waals surface area contributed by atoms with E-state index < -0.39 is 0 Å². The van der Waals surface area contributed by atoms with Crippen molar-refractivity contribution in [2.24, 2.45) is 5.73 Å². The van der Waals surface area contributed by atoms with Gasteiger partial charge in [0, 0.05) is 20.3 Å². The third kappa shape index (κ3) is 6.86. The zero-order valence-electron chi connectivity index (χ0n) is 12.3. The summed E-state index contributed by atoms with van der Waals surface area (Å²) in [4.78, 5) is 0. The minimum atomic E-state index is -0.115. The van der Waals surface area contributed by atoms with E-state index >= 15 is 0 Å². The summed E-state index contributed by atoms with van der Waals surface area (Å²) in [5.74, 6) is 0.829. The van der Waals surface area contributed by atoms with Crippen LogP contribution in [-0.2, 0) is 14.2 Å². The van der Waals surface area contributed by atoms with Crippen molar-refractivity contribution in [1.82, 2.24) is 0 Å². The summed E-state index contributed by atoms with van der Waals surface area (Å²) in [6.45, 7) is 3.09. The molecule has 0 heterocycles. The Kier molecular flexibility index (Phi) is 8.98. The maximum atomic E-state index is 6.05. The van der Waals surface area contributed by atoms with Crippen molar-refractivity contribution < 1.29 is 18.9 Å². The molecule has 5 heteroatoms. The third-order valence-electron chi connectivity index (χ3n) is 2.85. The maximum Gasteiger partial charge on any atom is 0.118 e. The molecule has 0 aliphatic heterocycles. The van der Waals surface area contributed by atoms with Gasteiger partial charge in [-0.15, -0.1) is 0 Å². The quantitative estimate of drug-likeness (QED) is 0.627. The van der Waals surface area contributed by atoms with Crippen LogP contribution in [0.4, 0.5) is 0 Å². The number of rotatable bonds is 11. The molecule has 2 N–H and O–H groups in total. The SMILES string of the molecule is COCCOCCCOCC(N)c1ccc(OC)cc1. The minimum Gasteiger partial charge on any atom is -0.497 e. The molecule has 0 spiro atoms. The molecule has 0 aliphatic carbocycles. The zero-order chi connectivity index (χ0) is 14.6. The highest BCUT2D eigenvalue weighted by Crippen LogP contribution is 2.16. The fourth-order valence-electron chi connectivity index (χ4n) is 1.67. The van der Waals surface area contributed by atoms with Gasteiger partial charge in [0.15, 0.2) is 0 Å². The van der Waals surface area contributed by atoms with Gasteiger partial charge in [-0.3, -0.25) is 0 Å². The first-order valence-electron chi connectivity index (χ1n) is 6.82. The molecule has 0 fully saturated rings. The first-order valence-corrected chi connectivity index (χ1v) is 6.82. The molecule has 114 valence electrons. The Labute approximate surface area is 121 Å². The topological polar surface area (TPSA) is 62.9 Å². The van der Waals surface area contributed by atoms with E-state index in [1.807, 2.05) is 24.3 Å². The normalized spacial score (nSPS) is 12.3. The molecule has 0 saturated carbocycles. The van der Waals surface area contributed by atoms with Crippen molar-refractivity contribution in [2.75, 3.05) is 47.3 Å². The van der Waals surface area contributed by atoms with E-state index in [0.717, 1.165) is 17.7 Å². The van der Waals surface area contributed by atoms with E-state index in [2.05, 4.69) is 0 Å². The second-order valence-electron chi connectivity index (χ2n) is 4.41. The Morgan fingerprint density at radius 1 is 0.950 bits per heavy atom. The van der Waals surface area contributed by atoms with Crippen molar-refractivity contribution in [3.8, 4) is 5.75 Å². The molecule has 0 bridgehead atoms. The second-order valence-corrected chi connectivity index (χ2v) is 4.41. The Morgan fingerprint density at radius 2 is 1.65 bits per heavy atom. The molecule has 1 atom stereocenters. The first kappa shape index (κ1) is 16.9. The first-order chi connectivity index (χ1) is 9.77. The molecule has 0 aliphatic rings. The van der Waals surface area contributed by atoms with Crippen molar-refractivity contribution in [3.63, 3.8) is 0 Å². The summed E-state index contributed by atoms with van der Waals surface area (Å²) in [7, 11) is 3.31. The molecule has 0 aromatic heterocycles. The highest BCUT2D eigenvalue weighted by Gasteiger charge is 2.06. The van der Waals surface area contributed by atoms with Gasteiger partial charge < -0.3 is 24.7 Å². The Morgan fingerprint density at radius 3 is 2.30 bits per heavy atom. The number of ether oxygens (including phenoxy) is 4. The fraction of sp³-hybridized carbons (Fsp3) is 0.600. The maximum absolute atomic E-state index is 6.05. The Hall–Kier alpha value is -1.14.